The van der Waals surface area contributed by atoms with Crippen LogP contribution in [-0.4, -0.2) is 46.2 Å². The Morgan fingerprint density at radius 1 is 0.893 bits per heavy atom. The monoisotopic (exact) mass is 392 g/mol. The number of phenols is 1. The van der Waals surface area contributed by atoms with Gasteiger partial charge in [0.05, 0.1) is 12.4 Å². The Hall–Kier alpha value is -2.57. The van der Waals surface area contributed by atoms with Gasteiger partial charge in [-0.25, -0.2) is 4.98 Å². The molecule has 144 valence electrons. The summed E-state index contributed by atoms with van der Waals surface area (Å²) in [5.74, 6) is 2.18. The second-order valence-electron chi connectivity index (χ2n) is 6.92. The van der Waals surface area contributed by atoms with Gasteiger partial charge >= 0.3 is 0 Å². The van der Waals surface area contributed by atoms with Crippen molar-refractivity contribution in [2.45, 2.75) is 17.3 Å². The van der Waals surface area contributed by atoms with Gasteiger partial charge in [0.1, 0.15) is 16.6 Å². The van der Waals surface area contributed by atoms with E-state index in [4.69, 9.17) is 4.98 Å². The number of hydrogen-bond acceptors (Lipinski definition) is 6. The fourth-order valence-electron chi connectivity index (χ4n) is 3.34. The smallest absolute Gasteiger partial charge is 0.148 e. The lowest BCUT2D eigenvalue weighted by Crippen LogP contribution is -2.46. The first-order valence-electron chi connectivity index (χ1n) is 9.50. The van der Waals surface area contributed by atoms with Gasteiger partial charge in [0.15, 0.2) is 0 Å². The van der Waals surface area contributed by atoms with Gasteiger partial charge in [-0.1, -0.05) is 42.5 Å². The van der Waals surface area contributed by atoms with E-state index >= 15 is 0 Å². The predicted octanol–water partition coefficient (Wildman–Crippen LogP) is 3.80. The minimum atomic E-state index is 0.330. The summed E-state index contributed by atoms with van der Waals surface area (Å²) < 4.78 is 0. The number of anilines is 1. The first-order chi connectivity index (χ1) is 13.8. The third-order valence-electron chi connectivity index (χ3n) is 4.84. The number of benzene rings is 2. The molecule has 3 aromatic rings. The number of aromatic nitrogens is 2. The molecule has 1 saturated heterocycles. The normalized spacial score (nSPS) is 14.9. The van der Waals surface area contributed by atoms with Gasteiger partial charge < -0.3 is 10.0 Å². The van der Waals surface area contributed by atoms with Crippen LogP contribution in [-0.2, 0) is 12.3 Å². The van der Waals surface area contributed by atoms with Crippen LogP contribution in [0.25, 0.3) is 0 Å². The Kier molecular flexibility index (Phi) is 6.09. The highest BCUT2D eigenvalue weighted by atomic mass is 32.2. The van der Waals surface area contributed by atoms with Crippen molar-refractivity contribution in [3.63, 3.8) is 0 Å². The summed E-state index contributed by atoms with van der Waals surface area (Å²) in [5, 5.41) is 10.6. The van der Waals surface area contributed by atoms with Crippen LogP contribution in [0.15, 0.2) is 72.0 Å². The van der Waals surface area contributed by atoms with Gasteiger partial charge in [0, 0.05) is 38.5 Å². The largest absolute Gasteiger partial charge is 0.508 e. The minimum Gasteiger partial charge on any atom is -0.508 e. The highest BCUT2D eigenvalue weighted by Crippen LogP contribution is 2.23. The number of phenolic OH excluding ortho intramolecular Hbond substituents is 1. The first kappa shape index (κ1) is 18.8. The van der Waals surface area contributed by atoms with E-state index in [2.05, 4.69) is 45.1 Å². The molecule has 0 spiro atoms. The second kappa shape index (κ2) is 9.08. The molecule has 2 heterocycles. The molecule has 0 amide bonds. The molecule has 1 aliphatic rings. The molecule has 1 aliphatic heterocycles. The molecule has 0 saturated carbocycles. The standard InChI is InChI=1S/C22H24N4OS/c27-20-8-4-7-19(13-20)16-25-9-11-26(12-10-25)21-14-23-15-22(24-21)28-17-18-5-2-1-3-6-18/h1-8,13-15,27H,9-12,16-17H2. The number of aromatic hydroxyl groups is 1. The van der Waals surface area contributed by atoms with Gasteiger partial charge in [-0.3, -0.25) is 9.88 Å². The third kappa shape index (κ3) is 5.03. The van der Waals surface area contributed by atoms with Crippen molar-refractivity contribution in [2.75, 3.05) is 31.1 Å². The van der Waals surface area contributed by atoms with Gasteiger partial charge in [-0.05, 0) is 23.3 Å². The van der Waals surface area contributed by atoms with Crippen molar-refractivity contribution in [1.82, 2.24) is 14.9 Å². The minimum absolute atomic E-state index is 0.330. The van der Waals surface area contributed by atoms with E-state index < -0.39 is 0 Å². The Labute approximate surface area is 170 Å². The van der Waals surface area contributed by atoms with Crippen LogP contribution in [0, 0.1) is 0 Å². The van der Waals surface area contributed by atoms with Crippen LogP contribution >= 0.6 is 11.8 Å². The average molecular weight is 393 g/mol. The number of thioether (sulfide) groups is 1. The number of hydrogen-bond donors (Lipinski definition) is 1. The third-order valence-corrected chi connectivity index (χ3v) is 5.81. The zero-order valence-corrected chi connectivity index (χ0v) is 16.6. The molecular formula is C22H24N4OS. The van der Waals surface area contributed by atoms with Gasteiger partial charge in [0.25, 0.3) is 0 Å². The number of piperazine rings is 1. The van der Waals surface area contributed by atoms with Crippen molar-refractivity contribution >= 4 is 17.6 Å². The Morgan fingerprint density at radius 3 is 2.46 bits per heavy atom. The van der Waals surface area contributed by atoms with E-state index in [-0.39, 0.29) is 0 Å². The number of rotatable bonds is 6. The van der Waals surface area contributed by atoms with Crippen LogP contribution in [0.5, 0.6) is 5.75 Å². The molecular weight excluding hydrogens is 368 g/mol. The zero-order chi connectivity index (χ0) is 19.2. The lowest BCUT2D eigenvalue weighted by Gasteiger charge is -2.35. The molecule has 1 aromatic heterocycles. The maximum absolute atomic E-state index is 9.63. The average Bonchev–Trinajstić information content (AvgIpc) is 2.74. The fraction of sp³-hybridized carbons (Fsp3) is 0.273. The SMILES string of the molecule is Oc1cccc(CN2CCN(c3cncc(SCc4ccccc4)n3)CC2)c1. The Morgan fingerprint density at radius 2 is 1.68 bits per heavy atom. The second-order valence-corrected chi connectivity index (χ2v) is 7.92. The van der Waals surface area contributed by atoms with Crippen LogP contribution in [0.4, 0.5) is 5.82 Å². The summed E-state index contributed by atoms with van der Waals surface area (Å²) in [6.45, 7) is 4.67. The van der Waals surface area contributed by atoms with Crippen LogP contribution in [0.2, 0.25) is 0 Å². The lowest BCUT2D eigenvalue weighted by atomic mass is 10.2. The predicted molar refractivity (Wildman–Crippen MR) is 114 cm³/mol. The highest BCUT2D eigenvalue weighted by molar-refractivity contribution is 7.98. The molecule has 0 atom stereocenters. The summed E-state index contributed by atoms with van der Waals surface area (Å²) in [6, 6.07) is 17.9. The van der Waals surface area contributed by atoms with Crippen molar-refractivity contribution in [1.29, 1.82) is 0 Å². The van der Waals surface area contributed by atoms with E-state index in [1.54, 1.807) is 17.8 Å². The van der Waals surface area contributed by atoms with E-state index in [9.17, 15) is 5.11 Å². The molecule has 6 heteroatoms. The molecule has 0 aliphatic carbocycles. The summed E-state index contributed by atoms with van der Waals surface area (Å²) in [6.07, 6.45) is 3.70. The summed E-state index contributed by atoms with van der Waals surface area (Å²) >= 11 is 1.72. The van der Waals surface area contributed by atoms with Gasteiger partial charge in [-0.15, -0.1) is 11.8 Å². The van der Waals surface area contributed by atoms with E-state index in [1.165, 1.54) is 5.56 Å². The maximum atomic E-state index is 9.63. The molecule has 28 heavy (non-hydrogen) atoms. The van der Waals surface area contributed by atoms with Crippen LogP contribution in [0.3, 0.4) is 0 Å². The van der Waals surface area contributed by atoms with E-state index in [0.29, 0.717) is 5.75 Å². The zero-order valence-electron chi connectivity index (χ0n) is 15.7. The summed E-state index contributed by atoms with van der Waals surface area (Å²) in [4.78, 5) is 13.9. The quantitative estimate of drug-likeness (QED) is 0.644. The maximum Gasteiger partial charge on any atom is 0.148 e. The van der Waals surface area contributed by atoms with Crippen molar-refractivity contribution in [3.05, 3.63) is 78.1 Å². The van der Waals surface area contributed by atoms with Gasteiger partial charge in [0.2, 0.25) is 0 Å². The van der Waals surface area contributed by atoms with Gasteiger partial charge in [-0.2, -0.15) is 0 Å². The van der Waals surface area contributed by atoms with Crippen molar-refractivity contribution in [2.24, 2.45) is 0 Å². The first-order valence-corrected chi connectivity index (χ1v) is 10.5. The number of nitrogens with zero attached hydrogens (tertiary/aromatic N) is 4. The topological polar surface area (TPSA) is 52.5 Å². The van der Waals surface area contributed by atoms with E-state index in [0.717, 1.165) is 54.9 Å². The van der Waals surface area contributed by atoms with Crippen molar-refractivity contribution in [3.8, 4) is 5.75 Å². The Bertz CT molecular complexity index is 898. The lowest BCUT2D eigenvalue weighted by molar-refractivity contribution is 0.249. The molecule has 0 radical (unpaired) electrons. The van der Waals surface area contributed by atoms with Crippen LogP contribution in [0.1, 0.15) is 11.1 Å². The highest BCUT2D eigenvalue weighted by Gasteiger charge is 2.19. The fourth-order valence-corrected chi connectivity index (χ4v) is 4.14. The molecule has 4 rings (SSSR count). The van der Waals surface area contributed by atoms with Crippen molar-refractivity contribution < 1.29 is 5.11 Å². The Balaban J connectivity index is 1.32. The van der Waals surface area contributed by atoms with E-state index in [1.807, 2.05) is 30.6 Å². The molecule has 1 N–H and O–H groups in total. The molecule has 0 bridgehead atoms. The molecule has 0 unspecified atom stereocenters. The molecule has 1 fully saturated rings. The molecule has 2 aromatic carbocycles. The summed E-state index contributed by atoms with van der Waals surface area (Å²) in [7, 11) is 0. The summed E-state index contributed by atoms with van der Waals surface area (Å²) in [5.41, 5.74) is 2.44. The molecule has 5 nitrogen and oxygen atoms in total. The van der Waals surface area contributed by atoms with Crippen LogP contribution < -0.4 is 4.90 Å².